The first kappa shape index (κ1) is 52.9. The maximum atomic E-state index is 12.6. The third-order valence-corrected chi connectivity index (χ3v) is 9.95. The number of unbranched alkanes of at least 4 members (excludes halogenated alkanes) is 18. The van der Waals surface area contributed by atoms with Crippen molar-refractivity contribution in [3.63, 3.8) is 0 Å². The van der Waals surface area contributed by atoms with Gasteiger partial charge in [0.2, 0.25) is 0 Å². The lowest BCUT2D eigenvalue weighted by Gasteiger charge is -2.20. The maximum absolute atomic E-state index is 12.6. The first-order chi connectivity index (χ1) is 26.7. The molecule has 0 aromatic heterocycles. The second-order valence-electron chi connectivity index (χ2n) is 14.4. The summed E-state index contributed by atoms with van der Waals surface area (Å²) in [5.74, 6) is -1.02. The van der Waals surface area contributed by atoms with E-state index in [2.05, 4.69) is 54.8 Å². The molecule has 0 aromatic rings. The highest BCUT2D eigenvalue weighted by Crippen LogP contribution is 2.43. The first-order valence-electron chi connectivity index (χ1n) is 21.6. The smallest absolute Gasteiger partial charge is 0.462 e. The molecule has 0 rings (SSSR count). The van der Waals surface area contributed by atoms with Crippen LogP contribution >= 0.6 is 7.82 Å². The number of hydrogen-bond donors (Lipinski definition) is 3. The Morgan fingerprint density at radius 1 is 0.545 bits per heavy atom. The Morgan fingerprint density at radius 3 is 1.49 bits per heavy atom. The van der Waals surface area contributed by atoms with Gasteiger partial charge < -0.3 is 24.6 Å². The number of phosphoric acid groups is 1. The van der Waals surface area contributed by atoms with Gasteiger partial charge in [-0.1, -0.05) is 172 Å². The molecular formula is C44H79O10P. The molecule has 3 N–H and O–H groups in total. The Bertz CT molecular complexity index is 1060. The normalized spacial score (nSPS) is 14.3. The molecule has 0 aliphatic carbocycles. The molecule has 3 unspecified atom stereocenters. The number of aliphatic hydroxyl groups is 2. The van der Waals surface area contributed by atoms with E-state index in [-0.39, 0.29) is 19.4 Å². The minimum Gasteiger partial charge on any atom is -0.462 e. The van der Waals surface area contributed by atoms with Crippen LogP contribution in [-0.2, 0) is 32.7 Å². The number of phosphoric ester groups is 1. The lowest BCUT2D eigenvalue weighted by Crippen LogP contribution is -2.29. The van der Waals surface area contributed by atoms with Crippen LogP contribution in [0.25, 0.3) is 0 Å². The summed E-state index contributed by atoms with van der Waals surface area (Å²) in [4.78, 5) is 34.9. The van der Waals surface area contributed by atoms with Crippen LogP contribution in [0.15, 0.2) is 48.6 Å². The van der Waals surface area contributed by atoms with Crippen molar-refractivity contribution in [1.82, 2.24) is 0 Å². The van der Waals surface area contributed by atoms with E-state index in [1.165, 1.54) is 96.3 Å². The van der Waals surface area contributed by atoms with Crippen molar-refractivity contribution < 1.29 is 47.8 Å². The highest BCUT2D eigenvalue weighted by atomic mass is 31.2. The van der Waals surface area contributed by atoms with Crippen LogP contribution < -0.4 is 0 Å². The molecule has 0 bridgehead atoms. The van der Waals surface area contributed by atoms with Crippen molar-refractivity contribution in [1.29, 1.82) is 0 Å². The fraction of sp³-hybridized carbons (Fsp3) is 0.773. The molecule has 0 aromatic carbocycles. The molecule has 0 spiro atoms. The van der Waals surface area contributed by atoms with Crippen molar-refractivity contribution in [2.45, 2.75) is 193 Å². The van der Waals surface area contributed by atoms with Crippen LogP contribution in [0.5, 0.6) is 0 Å². The average Bonchev–Trinajstić information content (AvgIpc) is 3.17. The predicted molar refractivity (Wildman–Crippen MR) is 224 cm³/mol. The summed E-state index contributed by atoms with van der Waals surface area (Å²) in [6.45, 7) is 2.29. The molecular weight excluding hydrogens is 719 g/mol. The molecule has 11 heteroatoms. The second kappa shape index (κ2) is 40.1. The van der Waals surface area contributed by atoms with E-state index in [0.29, 0.717) is 12.8 Å². The first-order valence-corrected chi connectivity index (χ1v) is 23.1. The predicted octanol–water partition coefficient (Wildman–Crippen LogP) is 11.3. The Balaban J connectivity index is 4.41. The molecule has 10 nitrogen and oxygen atoms in total. The van der Waals surface area contributed by atoms with Gasteiger partial charge in [0.15, 0.2) is 6.10 Å². The molecule has 0 aliphatic rings. The fourth-order valence-electron chi connectivity index (χ4n) is 5.65. The number of rotatable bonds is 40. The number of esters is 2. The fourth-order valence-corrected chi connectivity index (χ4v) is 6.44. The monoisotopic (exact) mass is 799 g/mol. The largest absolute Gasteiger partial charge is 0.472 e. The minimum absolute atomic E-state index is 0.0641. The van der Waals surface area contributed by atoms with Crippen LogP contribution in [0.4, 0.5) is 0 Å². The highest BCUT2D eigenvalue weighted by molar-refractivity contribution is 7.47. The number of allylic oxidation sites excluding steroid dienone is 8. The zero-order valence-electron chi connectivity index (χ0n) is 34.6. The van der Waals surface area contributed by atoms with Gasteiger partial charge in [-0.05, 0) is 44.9 Å². The van der Waals surface area contributed by atoms with Gasteiger partial charge in [-0.25, -0.2) is 4.57 Å². The molecule has 55 heavy (non-hydrogen) atoms. The highest BCUT2D eigenvalue weighted by Gasteiger charge is 2.27. The van der Waals surface area contributed by atoms with E-state index in [9.17, 15) is 24.2 Å². The van der Waals surface area contributed by atoms with Gasteiger partial charge in [0.05, 0.1) is 19.8 Å². The molecule has 3 atom stereocenters. The molecule has 0 radical (unpaired) electrons. The summed E-state index contributed by atoms with van der Waals surface area (Å²) in [5, 5.41) is 18.3. The molecule has 0 aliphatic heterocycles. The number of ether oxygens (including phenoxy) is 2. The third kappa shape index (κ3) is 39.9. The van der Waals surface area contributed by atoms with Crippen molar-refractivity contribution in [3.05, 3.63) is 48.6 Å². The molecule has 0 saturated heterocycles. The average molecular weight is 799 g/mol. The van der Waals surface area contributed by atoms with Gasteiger partial charge in [-0.15, -0.1) is 0 Å². The second-order valence-corrected chi connectivity index (χ2v) is 15.8. The lowest BCUT2D eigenvalue weighted by atomic mass is 10.0. The van der Waals surface area contributed by atoms with Crippen LogP contribution in [0.1, 0.15) is 181 Å². The molecule has 0 saturated carbocycles. The topological polar surface area (TPSA) is 149 Å². The summed E-state index contributed by atoms with van der Waals surface area (Å²) < 4.78 is 32.6. The summed E-state index contributed by atoms with van der Waals surface area (Å²) in [6, 6.07) is 0. The molecule has 0 fully saturated rings. The van der Waals surface area contributed by atoms with E-state index in [4.69, 9.17) is 19.1 Å². The van der Waals surface area contributed by atoms with Crippen molar-refractivity contribution in [2.75, 3.05) is 26.4 Å². The van der Waals surface area contributed by atoms with Crippen LogP contribution in [0.2, 0.25) is 0 Å². The third-order valence-electron chi connectivity index (χ3n) is 9.00. The number of aliphatic hydroxyl groups excluding tert-OH is 2. The van der Waals surface area contributed by atoms with E-state index >= 15 is 0 Å². The van der Waals surface area contributed by atoms with E-state index in [1.54, 1.807) is 0 Å². The zero-order valence-corrected chi connectivity index (χ0v) is 35.5. The Labute approximate surface area is 334 Å². The number of hydrogen-bond acceptors (Lipinski definition) is 9. The quantitative estimate of drug-likeness (QED) is 0.0237. The summed E-state index contributed by atoms with van der Waals surface area (Å²) in [7, 11) is -4.63. The number of carbonyl (C=O) groups excluding carboxylic acids is 2. The van der Waals surface area contributed by atoms with E-state index in [0.717, 1.165) is 44.9 Å². The van der Waals surface area contributed by atoms with Gasteiger partial charge in [0.25, 0.3) is 0 Å². The Kier molecular flexibility index (Phi) is 38.6. The SMILES string of the molecule is CCCCCC/C=C\C/C=C\C/C=C\C/C=C\CCC(=O)OC(COC(=O)CCCCCCCCCCCCCCCCC)COP(=O)(O)OCC(O)CO. The molecule has 0 heterocycles. The van der Waals surface area contributed by atoms with Crippen molar-refractivity contribution in [3.8, 4) is 0 Å². The maximum Gasteiger partial charge on any atom is 0.472 e. The Hall–Kier alpha value is -2.07. The zero-order chi connectivity index (χ0) is 40.5. The summed E-state index contributed by atoms with van der Waals surface area (Å²) >= 11 is 0. The van der Waals surface area contributed by atoms with Gasteiger partial charge in [-0.3, -0.25) is 18.6 Å². The van der Waals surface area contributed by atoms with Gasteiger partial charge in [0, 0.05) is 12.8 Å². The summed E-state index contributed by atoms with van der Waals surface area (Å²) in [5.41, 5.74) is 0. The molecule has 0 amide bonds. The van der Waals surface area contributed by atoms with Crippen LogP contribution in [0, 0.1) is 0 Å². The van der Waals surface area contributed by atoms with Gasteiger partial charge >= 0.3 is 19.8 Å². The minimum atomic E-state index is -4.63. The van der Waals surface area contributed by atoms with Crippen molar-refractivity contribution >= 4 is 19.8 Å². The van der Waals surface area contributed by atoms with Crippen molar-refractivity contribution in [2.24, 2.45) is 0 Å². The standard InChI is InChI=1S/C44H79O10P/c1-3-5-7-9-11-13-15-17-19-20-22-24-26-28-30-32-34-36-44(48)54-42(40-53-55(49,50)52-38-41(46)37-45)39-51-43(47)35-33-31-29-27-25-23-21-18-16-14-12-10-8-6-4-2/h13,15,19-20,24,26,30,32,41-42,45-46H,3-12,14,16-18,21-23,25,27-29,31,33-40H2,1-2H3,(H,49,50)/b15-13-,20-19-,26-24-,32-30-. The lowest BCUT2D eigenvalue weighted by molar-refractivity contribution is -0.161. The van der Waals surface area contributed by atoms with Gasteiger partial charge in [-0.2, -0.15) is 0 Å². The molecule has 320 valence electrons. The van der Waals surface area contributed by atoms with Crippen LogP contribution in [0.3, 0.4) is 0 Å². The number of carbonyl (C=O) groups is 2. The van der Waals surface area contributed by atoms with Crippen LogP contribution in [-0.4, -0.2) is 65.7 Å². The van der Waals surface area contributed by atoms with Gasteiger partial charge in [0.1, 0.15) is 12.7 Å². The Morgan fingerprint density at radius 2 is 0.982 bits per heavy atom. The summed E-state index contributed by atoms with van der Waals surface area (Å²) in [6.07, 6.45) is 42.3. The van der Waals surface area contributed by atoms with E-state index < -0.39 is 51.8 Å². The van der Waals surface area contributed by atoms with E-state index in [1.807, 2.05) is 12.2 Å².